The van der Waals surface area contributed by atoms with E-state index < -0.39 is 40.7 Å². The summed E-state index contributed by atoms with van der Waals surface area (Å²) < 4.78 is 3.74. The number of nitrogens with two attached hydrogens (primary N) is 1. The molecule has 37 heavy (non-hydrogen) atoms. The molecule has 7 N–H and O–H groups in total. The molecule has 1 aromatic rings. The molecule has 0 saturated carbocycles. The van der Waals surface area contributed by atoms with Crippen LogP contribution < -0.4 is 16.4 Å². The summed E-state index contributed by atoms with van der Waals surface area (Å²) in [5, 5.41) is 36.8. The normalized spacial score (nSPS) is 23.7. The minimum Gasteiger partial charge on any atom is -0.480 e. The molecule has 3 aliphatic rings. The number of thioether (sulfide) groups is 1. The van der Waals surface area contributed by atoms with Crippen molar-refractivity contribution in [2.45, 2.75) is 23.9 Å². The Balaban J connectivity index is 1.53. The van der Waals surface area contributed by atoms with Crippen molar-refractivity contribution in [1.82, 2.24) is 24.9 Å². The van der Waals surface area contributed by atoms with Crippen molar-refractivity contribution < 1.29 is 34.6 Å². The summed E-state index contributed by atoms with van der Waals surface area (Å²) in [6, 6.07) is -1.71. The number of nitrogen functional groups attached to an aromatic ring is 1. The minimum absolute atomic E-state index is 0.00422. The number of aliphatic carboxylic acids is 2. The van der Waals surface area contributed by atoms with Crippen LogP contribution in [0.1, 0.15) is 12.2 Å². The molecule has 1 aromatic heterocycles. The van der Waals surface area contributed by atoms with Crippen molar-refractivity contribution in [2.24, 2.45) is 10.1 Å². The van der Waals surface area contributed by atoms with Gasteiger partial charge < -0.3 is 36.7 Å². The molecular formula is C20H20N8O7S2. The first-order valence-corrected chi connectivity index (χ1v) is 12.4. The highest BCUT2D eigenvalue weighted by atomic mass is 32.2. The van der Waals surface area contributed by atoms with Crippen molar-refractivity contribution in [2.75, 3.05) is 18.8 Å². The zero-order valence-electron chi connectivity index (χ0n) is 18.8. The van der Waals surface area contributed by atoms with Crippen LogP contribution in [0.3, 0.4) is 0 Å². The number of carboxylic acid groups (broad SMARTS) is 2. The van der Waals surface area contributed by atoms with Crippen molar-refractivity contribution >= 4 is 63.6 Å². The molecule has 0 aromatic carbocycles. The molecule has 0 radical (unpaired) electrons. The van der Waals surface area contributed by atoms with Gasteiger partial charge in [-0.2, -0.15) is 9.36 Å². The monoisotopic (exact) mass is 548 g/mol. The zero-order valence-corrected chi connectivity index (χ0v) is 20.4. The Morgan fingerprint density at radius 3 is 2.73 bits per heavy atom. The number of anilines is 1. The largest absolute Gasteiger partial charge is 0.480 e. The first kappa shape index (κ1) is 26.0. The van der Waals surface area contributed by atoms with E-state index in [0.717, 1.165) is 36.3 Å². The van der Waals surface area contributed by atoms with Gasteiger partial charge in [0.05, 0.1) is 6.04 Å². The number of carbonyl (C=O) groups is 4. The summed E-state index contributed by atoms with van der Waals surface area (Å²) in [6.07, 6.45) is 5.39. The van der Waals surface area contributed by atoms with Crippen LogP contribution in [0.4, 0.5) is 5.13 Å². The lowest BCUT2D eigenvalue weighted by Crippen LogP contribution is -2.50. The highest BCUT2D eigenvalue weighted by Crippen LogP contribution is 2.29. The maximum absolute atomic E-state index is 12.8. The van der Waals surface area contributed by atoms with E-state index in [0.29, 0.717) is 6.54 Å². The number of rotatable bonds is 8. The predicted molar refractivity (Wildman–Crippen MR) is 132 cm³/mol. The van der Waals surface area contributed by atoms with E-state index >= 15 is 0 Å². The number of hydrogen-bond donors (Lipinski definition) is 6. The fourth-order valence-corrected chi connectivity index (χ4v) is 5.15. The molecule has 4 heterocycles. The standard InChI is InChI=1S/C20H20N8O7S2/c21-20-25-14(27-37-20)12(26-35)15(29)23-13(19(33)34)16-24-11(18(31)32)9(7-36-16)5-8-2-4-28(17(8)30)10-1-3-22-6-10/h2,4-5,7,10,13,16,22,35H,1,3,6H2,(H,23,29)(H,31,32)(H,33,34)(H2,21,25,27)/b8-5+,26-12-/t10-,13+,16-/m1/s1. The van der Waals surface area contributed by atoms with Gasteiger partial charge in [-0.1, -0.05) is 5.16 Å². The number of aliphatic imine (C=N–C) groups is 1. The summed E-state index contributed by atoms with van der Waals surface area (Å²) >= 11 is 1.57. The number of allylic oxidation sites excluding steroid dienone is 1. The summed E-state index contributed by atoms with van der Waals surface area (Å²) in [4.78, 5) is 58.6. The van der Waals surface area contributed by atoms with E-state index in [1.807, 2.05) is 0 Å². The van der Waals surface area contributed by atoms with Crippen LogP contribution in [0.25, 0.3) is 0 Å². The van der Waals surface area contributed by atoms with Crippen LogP contribution in [0.15, 0.2) is 45.1 Å². The molecule has 0 unspecified atom stereocenters. The Morgan fingerprint density at radius 2 is 2.14 bits per heavy atom. The second kappa shape index (κ2) is 10.9. The first-order chi connectivity index (χ1) is 17.7. The highest BCUT2D eigenvalue weighted by Gasteiger charge is 2.36. The third-order valence-electron chi connectivity index (χ3n) is 5.51. The number of amides is 2. The predicted octanol–water partition coefficient (Wildman–Crippen LogP) is -1.01. The SMILES string of the molecule is Nc1nc(/C(=N/O)C(=O)N[C@H](C(=O)O)[C@@H]2N=C(C(=O)O)C(/C=C3\C=CN([C@@H]4CCNC4)C3=O)=CS2)ns1. The Labute approximate surface area is 216 Å². The van der Waals surface area contributed by atoms with Gasteiger partial charge in [-0.05, 0) is 30.5 Å². The lowest BCUT2D eigenvalue weighted by atomic mass is 10.1. The molecule has 194 valence electrons. The molecule has 0 spiro atoms. The third-order valence-corrected chi connectivity index (χ3v) is 7.10. The van der Waals surface area contributed by atoms with Gasteiger partial charge in [0.1, 0.15) is 5.37 Å². The van der Waals surface area contributed by atoms with Gasteiger partial charge in [-0.15, -0.1) is 11.8 Å². The Hall–Kier alpha value is -4.09. The smallest absolute Gasteiger partial charge is 0.354 e. The van der Waals surface area contributed by atoms with E-state index in [4.69, 9.17) is 5.73 Å². The number of aromatic nitrogens is 2. The van der Waals surface area contributed by atoms with Crippen LogP contribution >= 0.6 is 23.3 Å². The molecular weight excluding hydrogens is 528 g/mol. The maximum atomic E-state index is 12.8. The fraction of sp³-hybridized carbons (Fsp3) is 0.300. The molecule has 1 fully saturated rings. The van der Waals surface area contributed by atoms with Gasteiger partial charge in [0, 0.05) is 35.4 Å². The average Bonchev–Trinajstić information content (AvgIpc) is 3.61. The molecule has 4 rings (SSSR count). The molecule has 17 heteroatoms. The van der Waals surface area contributed by atoms with E-state index in [1.165, 1.54) is 11.5 Å². The van der Waals surface area contributed by atoms with Crippen LogP contribution in [0.5, 0.6) is 0 Å². The molecule has 3 aliphatic heterocycles. The van der Waals surface area contributed by atoms with Gasteiger partial charge >= 0.3 is 11.9 Å². The number of carbonyl (C=O) groups excluding carboxylic acids is 2. The van der Waals surface area contributed by atoms with Gasteiger partial charge in [0.15, 0.2) is 16.9 Å². The lowest BCUT2D eigenvalue weighted by Gasteiger charge is -2.24. The van der Waals surface area contributed by atoms with Gasteiger partial charge in [-0.25, -0.2) is 9.59 Å². The quantitative estimate of drug-likeness (QED) is 0.0993. The average molecular weight is 549 g/mol. The zero-order chi connectivity index (χ0) is 26.7. The summed E-state index contributed by atoms with van der Waals surface area (Å²) in [6.45, 7) is 1.45. The fourth-order valence-electron chi connectivity index (χ4n) is 3.74. The second-order valence-corrected chi connectivity index (χ2v) is 9.63. The van der Waals surface area contributed by atoms with Crippen LogP contribution in [-0.4, -0.2) is 95.4 Å². The summed E-state index contributed by atoms with van der Waals surface area (Å²) in [5.74, 6) is -4.71. The highest BCUT2D eigenvalue weighted by molar-refractivity contribution is 8.02. The second-order valence-electron chi connectivity index (χ2n) is 7.85. The van der Waals surface area contributed by atoms with E-state index in [-0.39, 0.29) is 34.1 Å². The summed E-state index contributed by atoms with van der Waals surface area (Å²) in [5.41, 5.74) is 4.66. The van der Waals surface area contributed by atoms with Gasteiger partial charge in [0.25, 0.3) is 11.8 Å². The van der Waals surface area contributed by atoms with Crippen molar-refractivity contribution in [3.05, 3.63) is 40.7 Å². The van der Waals surface area contributed by atoms with Crippen LogP contribution in [0, 0.1) is 0 Å². The Bertz CT molecular complexity index is 1300. The van der Waals surface area contributed by atoms with E-state index in [9.17, 15) is 34.6 Å². The van der Waals surface area contributed by atoms with Crippen molar-refractivity contribution in [3.63, 3.8) is 0 Å². The number of oxime groups is 1. The molecule has 1 saturated heterocycles. The Morgan fingerprint density at radius 1 is 1.35 bits per heavy atom. The molecule has 0 aliphatic carbocycles. The topological polar surface area (TPSA) is 233 Å². The van der Waals surface area contributed by atoms with E-state index in [2.05, 4.69) is 30.1 Å². The number of nitrogens with zero attached hydrogens (tertiary/aromatic N) is 5. The first-order valence-electron chi connectivity index (χ1n) is 10.6. The Kier molecular flexibility index (Phi) is 7.65. The van der Waals surface area contributed by atoms with Crippen molar-refractivity contribution in [3.8, 4) is 0 Å². The van der Waals surface area contributed by atoms with Crippen molar-refractivity contribution in [1.29, 1.82) is 0 Å². The van der Waals surface area contributed by atoms with Gasteiger partial charge in [-0.3, -0.25) is 14.6 Å². The third kappa shape index (κ3) is 5.52. The van der Waals surface area contributed by atoms with Crippen LogP contribution in [-0.2, 0) is 19.2 Å². The number of nitrogens with one attached hydrogen (secondary N) is 2. The van der Waals surface area contributed by atoms with E-state index in [1.54, 1.807) is 17.2 Å². The molecule has 2 amide bonds. The minimum atomic E-state index is -1.72. The number of carboxylic acids is 2. The van der Waals surface area contributed by atoms with Gasteiger partial charge in [0.2, 0.25) is 11.5 Å². The number of hydrogen-bond acceptors (Lipinski definition) is 13. The molecule has 0 bridgehead atoms. The summed E-state index contributed by atoms with van der Waals surface area (Å²) in [7, 11) is 0. The molecule has 15 nitrogen and oxygen atoms in total. The lowest BCUT2D eigenvalue weighted by molar-refractivity contribution is -0.141. The maximum Gasteiger partial charge on any atom is 0.354 e. The van der Waals surface area contributed by atoms with Crippen LogP contribution in [0.2, 0.25) is 0 Å². The molecule has 3 atom stereocenters.